The van der Waals surface area contributed by atoms with Crippen molar-refractivity contribution < 1.29 is 13.2 Å². The molecular formula is C22H31BrN2O3S. The van der Waals surface area contributed by atoms with Crippen molar-refractivity contribution in [1.82, 2.24) is 9.62 Å². The number of allylic oxidation sites excluding steroid dienone is 1. The average Bonchev–Trinajstić information content (AvgIpc) is 2.73. The maximum absolute atomic E-state index is 13.3. The van der Waals surface area contributed by atoms with E-state index in [1.807, 2.05) is 0 Å². The van der Waals surface area contributed by atoms with E-state index in [0.717, 1.165) is 55.8 Å². The third-order valence-electron chi connectivity index (χ3n) is 5.85. The first-order valence-corrected chi connectivity index (χ1v) is 12.9. The smallest absolute Gasteiger partial charge is 0.243 e. The molecule has 7 heteroatoms. The maximum atomic E-state index is 13.3. The molecule has 2 aliphatic carbocycles. The maximum Gasteiger partial charge on any atom is 0.243 e. The van der Waals surface area contributed by atoms with Gasteiger partial charge in [-0.15, -0.1) is 0 Å². The van der Waals surface area contributed by atoms with E-state index in [1.54, 1.807) is 24.3 Å². The minimum absolute atomic E-state index is 0.107. The monoisotopic (exact) mass is 482 g/mol. The van der Waals surface area contributed by atoms with Crippen LogP contribution in [0.2, 0.25) is 0 Å². The molecule has 0 aromatic heterocycles. The van der Waals surface area contributed by atoms with Gasteiger partial charge >= 0.3 is 0 Å². The van der Waals surface area contributed by atoms with Gasteiger partial charge in [0.15, 0.2) is 0 Å². The Bertz CT molecular complexity index is 815. The minimum atomic E-state index is -3.72. The van der Waals surface area contributed by atoms with E-state index in [9.17, 15) is 13.2 Å². The molecular weight excluding hydrogens is 452 g/mol. The molecule has 0 aliphatic heterocycles. The van der Waals surface area contributed by atoms with Gasteiger partial charge in [-0.3, -0.25) is 4.79 Å². The predicted molar refractivity (Wildman–Crippen MR) is 119 cm³/mol. The standard InChI is InChI=1S/C22H31BrN2O3S/c23-19-11-13-21(14-12-19)29(27,28)25(20-9-5-2-6-10-20)17-22(26)24-16-15-18-7-3-1-4-8-18/h7,11-14,20H,1-6,8-10,15-17H2,(H,24,26). The van der Waals surface area contributed by atoms with Crippen LogP contribution in [-0.4, -0.2) is 37.8 Å². The number of nitrogens with one attached hydrogen (secondary N) is 1. The second kappa shape index (κ2) is 10.7. The number of carbonyl (C=O) groups excluding carboxylic acids is 1. The van der Waals surface area contributed by atoms with Gasteiger partial charge < -0.3 is 5.32 Å². The van der Waals surface area contributed by atoms with Crippen LogP contribution < -0.4 is 5.32 Å². The Hall–Kier alpha value is -1.18. The fourth-order valence-electron chi connectivity index (χ4n) is 4.21. The van der Waals surface area contributed by atoms with Gasteiger partial charge in [0.05, 0.1) is 11.4 Å². The topological polar surface area (TPSA) is 66.5 Å². The van der Waals surface area contributed by atoms with Crippen LogP contribution in [0, 0.1) is 0 Å². The normalized spacial score (nSPS) is 18.5. The van der Waals surface area contributed by atoms with E-state index in [-0.39, 0.29) is 23.4 Å². The summed E-state index contributed by atoms with van der Waals surface area (Å²) in [5, 5.41) is 2.94. The van der Waals surface area contributed by atoms with Gasteiger partial charge in [-0.1, -0.05) is 46.8 Å². The number of rotatable bonds is 8. The molecule has 0 radical (unpaired) electrons. The number of sulfonamides is 1. The lowest BCUT2D eigenvalue weighted by Crippen LogP contribution is -2.47. The lowest BCUT2D eigenvalue weighted by molar-refractivity contribution is -0.121. The van der Waals surface area contributed by atoms with Gasteiger partial charge in [0.2, 0.25) is 15.9 Å². The van der Waals surface area contributed by atoms with Crippen molar-refractivity contribution in [1.29, 1.82) is 0 Å². The zero-order valence-corrected chi connectivity index (χ0v) is 19.3. The zero-order chi connectivity index (χ0) is 20.7. The summed E-state index contributed by atoms with van der Waals surface area (Å²) >= 11 is 3.35. The molecule has 0 heterocycles. The molecule has 0 atom stereocenters. The van der Waals surface area contributed by atoms with Crippen LogP contribution in [0.3, 0.4) is 0 Å². The molecule has 3 rings (SSSR count). The second-order valence-corrected chi connectivity index (χ2v) is 10.8. The molecule has 5 nitrogen and oxygen atoms in total. The van der Waals surface area contributed by atoms with E-state index in [0.29, 0.717) is 6.54 Å². The number of amides is 1. The van der Waals surface area contributed by atoms with Crippen molar-refractivity contribution in [2.24, 2.45) is 0 Å². The van der Waals surface area contributed by atoms with Crippen LogP contribution >= 0.6 is 15.9 Å². The molecule has 0 bridgehead atoms. The third-order valence-corrected chi connectivity index (χ3v) is 8.30. The fourth-order valence-corrected chi connectivity index (χ4v) is 6.12. The Morgan fingerprint density at radius 3 is 2.45 bits per heavy atom. The molecule has 1 N–H and O–H groups in total. The first kappa shape index (κ1) is 22.5. The summed E-state index contributed by atoms with van der Waals surface area (Å²) in [6, 6.07) is 6.54. The van der Waals surface area contributed by atoms with Crippen molar-refractivity contribution in [3.05, 3.63) is 40.4 Å². The molecule has 0 unspecified atom stereocenters. The third kappa shape index (κ3) is 6.40. The zero-order valence-electron chi connectivity index (χ0n) is 16.9. The van der Waals surface area contributed by atoms with E-state index in [2.05, 4.69) is 27.3 Å². The SMILES string of the molecule is O=C(CN(C1CCCCC1)S(=O)(=O)c1ccc(Br)cc1)NCCC1=CCCCC1. The quantitative estimate of drug-likeness (QED) is 0.542. The lowest BCUT2D eigenvalue weighted by Gasteiger charge is -2.33. The summed E-state index contributed by atoms with van der Waals surface area (Å²) in [4.78, 5) is 12.9. The number of benzene rings is 1. The van der Waals surface area contributed by atoms with Gasteiger partial charge in [0.1, 0.15) is 0 Å². The van der Waals surface area contributed by atoms with Crippen LogP contribution in [0.15, 0.2) is 45.3 Å². The first-order valence-electron chi connectivity index (χ1n) is 10.7. The lowest BCUT2D eigenvalue weighted by atomic mass is 9.95. The Kier molecular flexibility index (Phi) is 8.33. The van der Waals surface area contributed by atoms with Gasteiger partial charge in [-0.2, -0.15) is 4.31 Å². The highest BCUT2D eigenvalue weighted by atomic mass is 79.9. The molecule has 1 amide bonds. The second-order valence-electron chi connectivity index (χ2n) is 8.00. The number of halogens is 1. The summed E-state index contributed by atoms with van der Waals surface area (Å²) in [6.07, 6.45) is 12.6. The molecule has 160 valence electrons. The van der Waals surface area contributed by atoms with E-state index < -0.39 is 10.0 Å². The van der Waals surface area contributed by atoms with Crippen LogP contribution in [0.4, 0.5) is 0 Å². The number of nitrogens with zero attached hydrogens (tertiary/aromatic N) is 1. The van der Waals surface area contributed by atoms with Crippen molar-refractivity contribution in [3.63, 3.8) is 0 Å². The number of hydrogen-bond donors (Lipinski definition) is 1. The predicted octanol–water partition coefficient (Wildman–Crippen LogP) is 4.78. The van der Waals surface area contributed by atoms with E-state index in [4.69, 9.17) is 0 Å². The summed E-state index contributed by atoms with van der Waals surface area (Å²) < 4.78 is 28.9. The van der Waals surface area contributed by atoms with Gasteiger partial charge in [-0.05, 0) is 69.2 Å². The highest BCUT2D eigenvalue weighted by Gasteiger charge is 2.33. The summed E-state index contributed by atoms with van der Waals surface area (Å²) in [5.74, 6) is -0.215. The average molecular weight is 483 g/mol. The largest absolute Gasteiger partial charge is 0.355 e. The Morgan fingerprint density at radius 1 is 1.07 bits per heavy atom. The van der Waals surface area contributed by atoms with Crippen LogP contribution in [0.25, 0.3) is 0 Å². The Labute approximate surface area is 183 Å². The van der Waals surface area contributed by atoms with Crippen LogP contribution in [-0.2, 0) is 14.8 Å². The molecule has 0 spiro atoms. The molecule has 1 aromatic carbocycles. The highest BCUT2D eigenvalue weighted by molar-refractivity contribution is 9.10. The van der Waals surface area contributed by atoms with Crippen LogP contribution in [0.5, 0.6) is 0 Å². The first-order chi connectivity index (χ1) is 14.0. The van der Waals surface area contributed by atoms with E-state index >= 15 is 0 Å². The Balaban J connectivity index is 1.67. The van der Waals surface area contributed by atoms with Gasteiger partial charge in [-0.25, -0.2) is 8.42 Å². The number of hydrogen-bond acceptors (Lipinski definition) is 3. The summed E-state index contributed by atoms with van der Waals surface area (Å²) in [7, 11) is -3.72. The fraction of sp³-hybridized carbons (Fsp3) is 0.591. The molecule has 1 saturated carbocycles. The molecule has 2 aliphatic rings. The van der Waals surface area contributed by atoms with Crippen molar-refractivity contribution in [2.45, 2.75) is 75.1 Å². The summed E-state index contributed by atoms with van der Waals surface area (Å²) in [6.45, 7) is 0.462. The highest BCUT2D eigenvalue weighted by Crippen LogP contribution is 2.28. The Morgan fingerprint density at radius 2 is 1.79 bits per heavy atom. The molecule has 0 saturated heterocycles. The minimum Gasteiger partial charge on any atom is -0.355 e. The van der Waals surface area contributed by atoms with Crippen LogP contribution in [0.1, 0.15) is 64.2 Å². The van der Waals surface area contributed by atoms with Crippen molar-refractivity contribution in [2.75, 3.05) is 13.1 Å². The molecule has 1 fully saturated rings. The molecule has 29 heavy (non-hydrogen) atoms. The summed E-state index contributed by atoms with van der Waals surface area (Å²) in [5.41, 5.74) is 1.41. The van der Waals surface area contributed by atoms with Crippen molar-refractivity contribution in [3.8, 4) is 0 Å². The van der Waals surface area contributed by atoms with Gasteiger partial charge in [0.25, 0.3) is 0 Å². The van der Waals surface area contributed by atoms with E-state index in [1.165, 1.54) is 22.7 Å². The molecule has 1 aromatic rings. The van der Waals surface area contributed by atoms with Crippen molar-refractivity contribution >= 4 is 31.9 Å². The number of carbonyl (C=O) groups is 1. The van der Waals surface area contributed by atoms with Gasteiger partial charge in [0, 0.05) is 17.1 Å².